The third-order valence-electron chi connectivity index (χ3n) is 6.56. The van der Waals surface area contributed by atoms with E-state index >= 15 is 0 Å². The summed E-state index contributed by atoms with van der Waals surface area (Å²) < 4.78 is 33.9. The Morgan fingerprint density at radius 3 is 2.61 bits per heavy atom. The molecule has 11 heteroatoms. The van der Waals surface area contributed by atoms with Crippen LogP contribution in [0.2, 0.25) is 0 Å². The molecule has 0 aromatic heterocycles. The van der Waals surface area contributed by atoms with Gasteiger partial charge in [-0.1, -0.05) is 0 Å². The number of carbonyl (C=O) groups is 1. The first-order chi connectivity index (χ1) is 14.7. The Morgan fingerprint density at radius 2 is 1.94 bits per heavy atom. The summed E-state index contributed by atoms with van der Waals surface area (Å²) in [5.41, 5.74) is 0.358. The number of aliphatic hydroxyl groups is 4. The second kappa shape index (κ2) is 8.56. The highest BCUT2D eigenvalue weighted by Gasteiger charge is 2.57. The van der Waals surface area contributed by atoms with Crippen molar-refractivity contribution in [2.24, 2.45) is 17.8 Å². The molecule has 0 bridgehead atoms. The number of methoxy groups -OCH3 is 1. The SMILES string of the molecule is COC(=O)C1=CO[C@@H](O[C@@H]2O[C@H](CO)[C@@H](O)[C@H](O)[C@H]2O)[C@@H]2[C@H]3COC(C)(C)O[C@H]3C[C@H]12. The maximum absolute atomic E-state index is 12.3. The van der Waals surface area contributed by atoms with E-state index in [1.807, 2.05) is 13.8 Å². The summed E-state index contributed by atoms with van der Waals surface area (Å²) in [6.45, 7) is 3.42. The smallest absolute Gasteiger partial charge is 0.337 e. The van der Waals surface area contributed by atoms with Gasteiger partial charge in [0.1, 0.15) is 24.4 Å². The number of rotatable bonds is 4. The molecule has 3 heterocycles. The Balaban J connectivity index is 1.58. The quantitative estimate of drug-likeness (QED) is 0.378. The van der Waals surface area contributed by atoms with Crippen LogP contribution in [0.4, 0.5) is 0 Å². The maximum atomic E-state index is 12.3. The largest absolute Gasteiger partial charge is 0.472 e. The Labute approximate surface area is 179 Å². The van der Waals surface area contributed by atoms with Gasteiger partial charge in [0, 0.05) is 17.8 Å². The molecule has 4 N–H and O–H groups in total. The van der Waals surface area contributed by atoms with Crippen molar-refractivity contribution in [1.29, 1.82) is 0 Å². The zero-order chi connectivity index (χ0) is 22.5. The molecule has 4 rings (SSSR count). The van der Waals surface area contributed by atoms with Gasteiger partial charge >= 0.3 is 5.97 Å². The monoisotopic (exact) mass is 446 g/mol. The summed E-state index contributed by atoms with van der Waals surface area (Å²) >= 11 is 0. The molecule has 0 spiro atoms. The molecule has 2 saturated heterocycles. The van der Waals surface area contributed by atoms with Gasteiger partial charge in [0.2, 0.25) is 6.29 Å². The summed E-state index contributed by atoms with van der Waals surface area (Å²) in [7, 11) is 1.29. The molecule has 0 unspecified atom stereocenters. The molecule has 0 amide bonds. The topological polar surface area (TPSA) is 153 Å². The van der Waals surface area contributed by atoms with Crippen molar-refractivity contribution in [1.82, 2.24) is 0 Å². The van der Waals surface area contributed by atoms with Crippen molar-refractivity contribution in [3.05, 3.63) is 11.8 Å². The van der Waals surface area contributed by atoms with E-state index in [4.69, 9.17) is 28.4 Å². The Hall–Kier alpha value is -1.31. The molecule has 3 aliphatic heterocycles. The second-order valence-electron chi connectivity index (χ2n) is 8.85. The van der Waals surface area contributed by atoms with Crippen LogP contribution in [0.1, 0.15) is 20.3 Å². The van der Waals surface area contributed by atoms with E-state index in [1.165, 1.54) is 13.4 Å². The molecular weight excluding hydrogens is 416 g/mol. The lowest BCUT2D eigenvalue weighted by molar-refractivity contribution is -0.348. The van der Waals surface area contributed by atoms with E-state index in [0.717, 1.165) is 0 Å². The van der Waals surface area contributed by atoms with Gasteiger partial charge in [-0.25, -0.2) is 4.79 Å². The van der Waals surface area contributed by atoms with Crippen LogP contribution < -0.4 is 0 Å². The molecule has 1 aliphatic carbocycles. The molecule has 31 heavy (non-hydrogen) atoms. The van der Waals surface area contributed by atoms with Crippen LogP contribution in [0.5, 0.6) is 0 Å². The van der Waals surface area contributed by atoms with Crippen LogP contribution in [-0.2, 0) is 33.2 Å². The van der Waals surface area contributed by atoms with Gasteiger partial charge in [0.25, 0.3) is 0 Å². The van der Waals surface area contributed by atoms with Crippen LogP contribution in [0.15, 0.2) is 11.8 Å². The predicted octanol–water partition coefficient (Wildman–Crippen LogP) is -1.38. The lowest BCUT2D eigenvalue weighted by Crippen LogP contribution is -2.60. The maximum Gasteiger partial charge on any atom is 0.337 e. The first-order valence-electron chi connectivity index (χ1n) is 10.4. The van der Waals surface area contributed by atoms with Crippen molar-refractivity contribution in [2.75, 3.05) is 20.3 Å². The molecule has 0 aromatic carbocycles. The van der Waals surface area contributed by atoms with E-state index < -0.39 is 55.4 Å². The third-order valence-corrected chi connectivity index (χ3v) is 6.56. The zero-order valence-corrected chi connectivity index (χ0v) is 17.6. The highest BCUT2D eigenvalue weighted by atomic mass is 16.8. The van der Waals surface area contributed by atoms with Crippen molar-refractivity contribution in [3.8, 4) is 0 Å². The minimum absolute atomic E-state index is 0.165. The van der Waals surface area contributed by atoms with E-state index in [9.17, 15) is 25.2 Å². The van der Waals surface area contributed by atoms with Crippen LogP contribution in [-0.4, -0.2) is 95.6 Å². The van der Waals surface area contributed by atoms with Gasteiger partial charge in [-0.2, -0.15) is 0 Å². The highest BCUT2D eigenvalue weighted by Crippen LogP contribution is 2.51. The van der Waals surface area contributed by atoms with Crippen molar-refractivity contribution in [2.45, 2.75) is 69.2 Å². The number of fused-ring (bicyclic) bond motifs is 3. The number of aliphatic hydroxyl groups excluding tert-OH is 4. The normalized spacial score (nSPS) is 46.4. The second-order valence-corrected chi connectivity index (χ2v) is 8.85. The summed E-state index contributed by atoms with van der Waals surface area (Å²) in [4.78, 5) is 12.3. The van der Waals surface area contributed by atoms with Crippen LogP contribution in [0.25, 0.3) is 0 Å². The third kappa shape index (κ3) is 4.09. The van der Waals surface area contributed by atoms with E-state index in [-0.39, 0.29) is 23.9 Å². The Kier molecular flexibility index (Phi) is 6.32. The fourth-order valence-corrected chi connectivity index (χ4v) is 4.97. The van der Waals surface area contributed by atoms with E-state index in [1.54, 1.807) is 0 Å². The van der Waals surface area contributed by atoms with Crippen molar-refractivity contribution < 1.29 is 53.6 Å². The molecule has 4 aliphatic rings. The first-order valence-corrected chi connectivity index (χ1v) is 10.4. The first kappa shape index (κ1) is 22.9. The standard InChI is InChI=1S/C20H30O11/c1-20(2)28-7-10-11(31-20)4-8-9(17(25)26-3)6-27-18(13(8)10)30-19-16(24)15(23)14(22)12(5-21)29-19/h6,8,10-16,18-19,21-24H,4-5,7H2,1-3H3/t8-,10+,11+,12-,13+,14-,15+,16-,18+,19+/m1/s1. The van der Waals surface area contributed by atoms with E-state index in [2.05, 4.69) is 0 Å². The molecule has 0 radical (unpaired) electrons. The highest BCUT2D eigenvalue weighted by molar-refractivity contribution is 5.89. The van der Waals surface area contributed by atoms with Gasteiger partial charge in [-0.3, -0.25) is 0 Å². The molecule has 0 aromatic rings. The summed E-state index contributed by atoms with van der Waals surface area (Å²) in [6.07, 6.45) is -6.47. The van der Waals surface area contributed by atoms with Crippen molar-refractivity contribution >= 4 is 5.97 Å². The van der Waals surface area contributed by atoms with Gasteiger partial charge in [0.15, 0.2) is 12.1 Å². The molecule has 10 atom stereocenters. The number of carbonyl (C=O) groups excluding carboxylic acids is 1. The summed E-state index contributed by atoms with van der Waals surface area (Å²) in [5, 5.41) is 39.8. The molecule has 3 fully saturated rings. The lowest BCUT2D eigenvalue weighted by atomic mass is 9.82. The number of ether oxygens (including phenoxy) is 6. The van der Waals surface area contributed by atoms with Crippen molar-refractivity contribution in [3.63, 3.8) is 0 Å². The molecule has 11 nitrogen and oxygen atoms in total. The predicted molar refractivity (Wildman–Crippen MR) is 99.8 cm³/mol. The van der Waals surface area contributed by atoms with Gasteiger partial charge < -0.3 is 48.8 Å². The van der Waals surface area contributed by atoms with Crippen LogP contribution in [0, 0.1) is 17.8 Å². The van der Waals surface area contributed by atoms with Gasteiger partial charge in [-0.05, 0) is 20.3 Å². The lowest BCUT2D eigenvalue weighted by Gasteiger charge is -2.44. The average Bonchev–Trinajstić information content (AvgIpc) is 3.11. The average molecular weight is 446 g/mol. The summed E-state index contributed by atoms with van der Waals surface area (Å²) in [5.74, 6) is -2.13. The molecule has 1 saturated carbocycles. The number of hydrogen-bond acceptors (Lipinski definition) is 11. The Bertz CT molecular complexity index is 707. The summed E-state index contributed by atoms with van der Waals surface area (Å²) in [6, 6.07) is 0. The van der Waals surface area contributed by atoms with Gasteiger partial charge in [0.05, 0.1) is 38.3 Å². The van der Waals surface area contributed by atoms with Crippen LogP contribution in [0.3, 0.4) is 0 Å². The van der Waals surface area contributed by atoms with Gasteiger partial charge in [-0.15, -0.1) is 0 Å². The Morgan fingerprint density at radius 1 is 1.19 bits per heavy atom. The number of hydrogen-bond donors (Lipinski definition) is 4. The fourth-order valence-electron chi connectivity index (χ4n) is 4.97. The van der Waals surface area contributed by atoms with Crippen LogP contribution >= 0.6 is 0 Å². The minimum Gasteiger partial charge on any atom is -0.472 e. The van der Waals surface area contributed by atoms with E-state index in [0.29, 0.717) is 18.6 Å². The molecular formula is C20H30O11. The number of esters is 1. The molecule has 176 valence electrons. The fraction of sp³-hybridized carbons (Fsp3) is 0.850. The minimum atomic E-state index is -1.57. The zero-order valence-electron chi connectivity index (χ0n) is 17.6.